The van der Waals surface area contributed by atoms with E-state index in [0.29, 0.717) is 10.8 Å². The van der Waals surface area contributed by atoms with Gasteiger partial charge in [0.25, 0.3) is 0 Å². The second-order valence-corrected chi connectivity index (χ2v) is 7.67. The smallest absolute Gasteiger partial charge is 0.00728 e. The van der Waals surface area contributed by atoms with Crippen molar-refractivity contribution in [3.63, 3.8) is 0 Å². The van der Waals surface area contributed by atoms with Crippen LogP contribution in [0.15, 0.2) is 34.4 Å². The normalized spacial score (nSPS) is 29.1. The fourth-order valence-electron chi connectivity index (χ4n) is 4.34. The quantitative estimate of drug-likeness (QED) is 0.487. The minimum absolute atomic E-state index is 0.337. The molecule has 0 aromatic heterocycles. The van der Waals surface area contributed by atoms with Crippen molar-refractivity contribution < 1.29 is 0 Å². The van der Waals surface area contributed by atoms with Crippen LogP contribution in [0.4, 0.5) is 0 Å². The van der Waals surface area contributed by atoms with Crippen LogP contribution in [0.3, 0.4) is 0 Å². The van der Waals surface area contributed by atoms with E-state index >= 15 is 0 Å². The fourth-order valence-corrected chi connectivity index (χ4v) is 4.34. The third-order valence-electron chi connectivity index (χ3n) is 5.35. The molecule has 3 rings (SSSR count). The highest BCUT2D eigenvalue weighted by Gasteiger charge is 2.39. The van der Waals surface area contributed by atoms with Gasteiger partial charge in [-0.05, 0) is 49.5 Å². The van der Waals surface area contributed by atoms with Gasteiger partial charge in [0.15, 0.2) is 0 Å². The molecule has 0 unspecified atom stereocenters. The lowest BCUT2D eigenvalue weighted by Gasteiger charge is -2.45. The molecule has 0 aromatic carbocycles. The minimum atomic E-state index is 0.337. The van der Waals surface area contributed by atoms with Gasteiger partial charge in [-0.15, -0.1) is 0 Å². The van der Waals surface area contributed by atoms with Crippen LogP contribution < -0.4 is 0 Å². The standard InChI is InChI=1S/C18H26/c1-17(2)10-9-16-14(12-17)11-13-7-5-6-8-15(13)18(16,3)4/h5,7H,6,8-12H2,1-4H3. The molecule has 3 aliphatic rings. The summed E-state index contributed by atoms with van der Waals surface area (Å²) in [7, 11) is 0. The van der Waals surface area contributed by atoms with Crippen molar-refractivity contribution in [1.82, 2.24) is 0 Å². The van der Waals surface area contributed by atoms with Gasteiger partial charge in [0.1, 0.15) is 0 Å². The van der Waals surface area contributed by atoms with Gasteiger partial charge in [-0.25, -0.2) is 0 Å². The summed E-state index contributed by atoms with van der Waals surface area (Å²) in [6.45, 7) is 9.80. The first-order valence-electron chi connectivity index (χ1n) is 7.51. The molecule has 3 aliphatic carbocycles. The molecule has 0 aromatic rings. The zero-order valence-electron chi connectivity index (χ0n) is 12.4. The molecule has 0 fully saturated rings. The zero-order chi connectivity index (χ0) is 13.0. The molecule has 0 saturated carbocycles. The van der Waals surface area contributed by atoms with Crippen LogP contribution in [-0.2, 0) is 0 Å². The first-order valence-corrected chi connectivity index (χ1v) is 7.51. The zero-order valence-corrected chi connectivity index (χ0v) is 12.4. The van der Waals surface area contributed by atoms with Crippen molar-refractivity contribution >= 4 is 0 Å². The summed E-state index contributed by atoms with van der Waals surface area (Å²) < 4.78 is 0. The van der Waals surface area contributed by atoms with E-state index < -0.39 is 0 Å². The Morgan fingerprint density at radius 2 is 1.78 bits per heavy atom. The van der Waals surface area contributed by atoms with E-state index in [9.17, 15) is 0 Å². The van der Waals surface area contributed by atoms with Gasteiger partial charge in [-0.2, -0.15) is 0 Å². The molecule has 18 heavy (non-hydrogen) atoms. The van der Waals surface area contributed by atoms with Gasteiger partial charge < -0.3 is 0 Å². The third kappa shape index (κ3) is 1.81. The van der Waals surface area contributed by atoms with Gasteiger partial charge in [0.05, 0.1) is 0 Å². The van der Waals surface area contributed by atoms with Crippen molar-refractivity contribution in [2.24, 2.45) is 10.8 Å². The first-order chi connectivity index (χ1) is 8.40. The number of rotatable bonds is 0. The Labute approximate surface area is 112 Å². The van der Waals surface area contributed by atoms with E-state index in [1.165, 1.54) is 38.5 Å². The molecule has 0 amide bonds. The van der Waals surface area contributed by atoms with E-state index in [1.54, 1.807) is 22.3 Å². The predicted molar refractivity (Wildman–Crippen MR) is 78.5 cm³/mol. The van der Waals surface area contributed by atoms with Crippen LogP contribution in [0, 0.1) is 10.8 Å². The number of hydrogen-bond donors (Lipinski definition) is 0. The molecule has 0 bridgehead atoms. The van der Waals surface area contributed by atoms with E-state index in [-0.39, 0.29) is 0 Å². The number of hydrogen-bond acceptors (Lipinski definition) is 0. The highest BCUT2D eigenvalue weighted by atomic mass is 14.4. The Morgan fingerprint density at radius 1 is 1.00 bits per heavy atom. The van der Waals surface area contributed by atoms with Crippen LogP contribution in [-0.4, -0.2) is 0 Å². The lowest BCUT2D eigenvalue weighted by Crippen LogP contribution is -2.31. The summed E-state index contributed by atoms with van der Waals surface area (Å²) in [6.07, 6.45) is 12.6. The summed E-state index contributed by atoms with van der Waals surface area (Å²) in [6, 6.07) is 0. The topological polar surface area (TPSA) is 0 Å². The van der Waals surface area contributed by atoms with Crippen molar-refractivity contribution in [2.75, 3.05) is 0 Å². The Bertz CT molecular complexity index is 466. The van der Waals surface area contributed by atoms with E-state index in [4.69, 9.17) is 0 Å². The van der Waals surface area contributed by atoms with Crippen molar-refractivity contribution in [2.45, 2.75) is 66.2 Å². The summed E-state index contributed by atoms with van der Waals surface area (Å²) in [5.74, 6) is 0. The van der Waals surface area contributed by atoms with Crippen LogP contribution in [0.1, 0.15) is 66.2 Å². The highest BCUT2D eigenvalue weighted by Crippen LogP contribution is 2.54. The van der Waals surface area contributed by atoms with E-state index in [0.717, 1.165) is 0 Å². The summed E-state index contributed by atoms with van der Waals surface area (Å²) in [5.41, 5.74) is 7.79. The second kappa shape index (κ2) is 3.85. The summed E-state index contributed by atoms with van der Waals surface area (Å²) >= 11 is 0. The van der Waals surface area contributed by atoms with Crippen LogP contribution in [0.2, 0.25) is 0 Å². The Morgan fingerprint density at radius 3 is 2.56 bits per heavy atom. The van der Waals surface area contributed by atoms with Gasteiger partial charge in [0, 0.05) is 5.41 Å². The highest BCUT2D eigenvalue weighted by molar-refractivity contribution is 5.48. The van der Waals surface area contributed by atoms with E-state index in [2.05, 4.69) is 39.8 Å². The maximum absolute atomic E-state index is 2.47. The minimum Gasteiger partial charge on any atom is -0.0839 e. The lowest BCUT2D eigenvalue weighted by atomic mass is 9.59. The number of allylic oxidation sites excluding steroid dienone is 6. The molecule has 0 spiro atoms. The predicted octanol–water partition coefficient (Wildman–Crippen LogP) is 5.57. The SMILES string of the molecule is CC1(C)CCC2=C(CC3=C(CCC=C3)C2(C)C)C1. The molecule has 0 heterocycles. The van der Waals surface area contributed by atoms with Gasteiger partial charge in [-0.3, -0.25) is 0 Å². The Hall–Kier alpha value is -0.780. The third-order valence-corrected chi connectivity index (χ3v) is 5.35. The molecular weight excluding hydrogens is 216 g/mol. The first kappa shape index (κ1) is 12.3. The van der Waals surface area contributed by atoms with Gasteiger partial charge in [-0.1, -0.05) is 56.6 Å². The summed E-state index contributed by atoms with van der Waals surface area (Å²) in [5, 5.41) is 0. The monoisotopic (exact) mass is 242 g/mol. The Kier molecular flexibility index (Phi) is 2.63. The fraction of sp³-hybridized carbons (Fsp3) is 0.667. The maximum atomic E-state index is 2.47. The average Bonchev–Trinajstić information content (AvgIpc) is 2.27. The largest absolute Gasteiger partial charge is 0.0839 e. The molecule has 98 valence electrons. The molecule has 0 saturated heterocycles. The van der Waals surface area contributed by atoms with Crippen LogP contribution in [0.5, 0.6) is 0 Å². The van der Waals surface area contributed by atoms with Crippen LogP contribution in [0.25, 0.3) is 0 Å². The molecular formula is C18H26. The molecule has 0 aliphatic heterocycles. The molecule has 0 nitrogen and oxygen atoms in total. The Balaban J connectivity index is 2.02. The molecule has 0 heteroatoms. The summed E-state index contributed by atoms with van der Waals surface area (Å²) in [4.78, 5) is 0. The van der Waals surface area contributed by atoms with Gasteiger partial charge in [0.2, 0.25) is 0 Å². The second-order valence-electron chi connectivity index (χ2n) is 7.67. The maximum Gasteiger partial charge on any atom is 0.00728 e. The van der Waals surface area contributed by atoms with E-state index in [1.807, 2.05) is 0 Å². The van der Waals surface area contributed by atoms with Crippen molar-refractivity contribution in [3.8, 4) is 0 Å². The molecule has 0 radical (unpaired) electrons. The lowest BCUT2D eigenvalue weighted by molar-refractivity contribution is 0.285. The van der Waals surface area contributed by atoms with Crippen LogP contribution >= 0.6 is 0 Å². The molecule has 0 N–H and O–H groups in total. The van der Waals surface area contributed by atoms with Gasteiger partial charge >= 0.3 is 0 Å². The molecule has 0 atom stereocenters. The van der Waals surface area contributed by atoms with Crippen molar-refractivity contribution in [1.29, 1.82) is 0 Å². The van der Waals surface area contributed by atoms with Crippen molar-refractivity contribution in [3.05, 3.63) is 34.4 Å². The average molecular weight is 242 g/mol.